The van der Waals surface area contributed by atoms with E-state index in [0.29, 0.717) is 17.3 Å². The van der Waals surface area contributed by atoms with Crippen LogP contribution in [0.15, 0.2) is 29.6 Å². The zero-order valence-electron chi connectivity index (χ0n) is 12.4. The van der Waals surface area contributed by atoms with Gasteiger partial charge < -0.3 is 16.4 Å². The predicted octanol–water partition coefficient (Wildman–Crippen LogP) is 3.56. The molecule has 0 saturated heterocycles. The van der Waals surface area contributed by atoms with Crippen LogP contribution >= 0.6 is 11.3 Å². The van der Waals surface area contributed by atoms with E-state index < -0.39 is 0 Å². The van der Waals surface area contributed by atoms with Crippen molar-refractivity contribution in [3.8, 4) is 0 Å². The fourth-order valence-corrected chi connectivity index (χ4v) is 3.02. The number of anilines is 4. The van der Waals surface area contributed by atoms with E-state index in [-0.39, 0.29) is 0 Å². The largest absolute Gasteiger partial charge is 0.393 e. The molecule has 7 heteroatoms. The van der Waals surface area contributed by atoms with Gasteiger partial charge in [-0.05, 0) is 32.1 Å². The fraction of sp³-hybridized carbons (Fsp3) is 0.400. The lowest BCUT2D eigenvalue weighted by Crippen LogP contribution is -2.10. The summed E-state index contributed by atoms with van der Waals surface area (Å²) >= 11 is 1.50. The average molecular weight is 316 g/mol. The molecule has 0 fully saturated rings. The van der Waals surface area contributed by atoms with E-state index in [1.807, 2.05) is 5.38 Å². The highest BCUT2D eigenvalue weighted by Crippen LogP contribution is 2.27. The van der Waals surface area contributed by atoms with E-state index in [0.717, 1.165) is 18.1 Å². The van der Waals surface area contributed by atoms with Crippen molar-refractivity contribution in [2.75, 3.05) is 22.9 Å². The molecule has 0 atom stereocenters. The van der Waals surface area contributed by atoms with Gasteiger partial charge in [-0.3, -0.25) is 0 Å². The third kappa shape index (κ3) is 3.73. The van der Waals surface area contributed by atoms with Crippen molar-refractivity contribution in [3.05, 3.63) is 29.6 Å². The lowest BCUT2D eigenvalue weighted by Gasteiger charge is -2.14. The van der Waals surface area contributed by atoms with E-state index in [2.05, 4.69) is 31.7 Å². The standard InChI is InChI=1S/C15H20N6S/c16-12-13(17-7-6-11-4-2-1-3-5-11)19-10-20-14(12)21-15-18-8-9-22-15/h4,8-10H,1-3,5-7,16H2,(H2,17,18,19,20,21). The number of nitrogen functional groups attached to an aromatic ring is 1. The molecule has 22 heavy (non-hydrogen) atoms. The molecule has 6 nitrogen and oxygen atoms in total. The monoisotopic (exact) mass is 316 g/mol. The Morgan fingerprint density at radius 1 is 1.18 bits per heavy atom. The highest BCUT2D eigenvalue weighted by molar-refractivity contribution is 7.13. The summed E-state index contributed by atoms with van der Waals surface area (Å²) in [7, 11) is 0. The molecular formula is C15H20N6S. The minimum absolute atomic E-state index is 0.523. The second-order valence-corrected chi connectivity index (χ2v) is 6.13. The smallest absolute Gasteiger partial charge is 0.188 e. The van der Waals surface area contributed by atoms with Crippen LogP contribution in [-0.2, 0) is 0 Å². The van der Waals surface area contributed by atoms with Crippen molar-refractivity contribution in [1.29, 1.82) is 0 Å². The number of hydrogen-bond donors (Lipinski definition) is 3. The fourth-order valence-electron chi connectivity index (χ4n) is 2.50. The van der Waals surface area contributed by atoms with Crippen LogP contribution < -0.4 is 16.4 Å². The molecule has 0 saturated carbocycles. The molecule has 0 aromatic carbocycles. The Bertz CT molecular complexity index is 637. The number of thiazole rings is 1. The third-order valence-electron chi connectivity index (χ3n) is 3.67. The number of aromatic nitrogens is 3. The van der Waals surface area contributed by atoms with Crippen LogP contribution in [0.3, 0.4) is 0 Å². The number of rotatable bonds is 6. The van der Waals surface area contributed by atoms with E-state index in [1.54, 1.807) is 6.20 Å². The first kappa shape index (κ1) is 14.8. The molecule has 2 aromatic rings. The van der Waals surface area contributed by atoms with E-state index in [4.69, 9.17) is 5.73 Å². The lowest BCUT2D eigenvalue weighted by atomic mass is 9.97. The number of nitrogens with two attached hydrogens (primary N) is 1. The molecule has 2 heterocycles. The summed E-state index contributed by atoms with van der Waals surface area (Å²) in [4.78, 5) is 12.6. The van der Waals surface area contributed by atoms with Gasteiger partial charge in [0.15, 0.2) is 16.8 Å². The Morgan fingerprint density at radius 3 is 2.86 bits per heavy atom. The van der Waals surface area contributed by atoms with Gasteiger partial charge in [-0.1, -0.05) is 11.6 Å². The molecule has 1 aliphatic rings. The Labute approximate surface area is 133 Å². The topological polar surface area (TPSA) is 88.8 Å². The number of nitrogens with one attached hydrogen (secondary N) is 2. The highest BCUT2D eigenvalue weighted by atomic mass is 32.1. The first-order valence-corrected chi connectivity index (χ1v) is 8.39. The maximum absolute atomic E-state index is 6.13. The Kier molecular flexibility index (Phi) is 4.85. The molecule has 4 N–H and O–H groups in total. The molecule has 0 bridgehead atoms. The van der Waals surface area contributed by atoms with Gasteiger partial charge in [0.2, 0.25) is 0 Å². The van der Waals surface area contributed by atoms with Crippen molar-refractivity contribution in [2.45, 2.75) is 32.1 Å². The summed E-state index contributed by atoms with van der Waals surface area (Å²) in [5.41, 5.74) is 8.19. The second kappa shape index (κ2) is 7.22. The van der Waals surface area contributed by atoms with Crippen LogP contribution in [0.4, 0.5) is 22.5 Å². The normalized spacial score (nSPS) is 14.5. The van der Waals surface area contributed by atoms with Gasteiger partial charge in [0.1, 0.15) is 12.0 Å². The number of hydrogen-bond acceptors (Lipinski definition) is 7. The van der Waals surface area contributed by atoms with Crippen molar-refractivity contribution < 1.29 is 0 Å². The maximum atomic E-state index is 6.13. The summed E-state index contributed by atoms with van der Waals surface area (Å²) in [5, 5.41) is 9.09. The van der Waals surface area contributed by atoms with Gasteiger partial charge in [0, 0.05) is 18.1 Å². The molecule has 116 valence electrons. The average Bonchev–Trinajstić information content (AvgIpc) is 3.05. The number of allylic oxidation sites excluding steroid dienone is 1. The van der Waals surface area contributed by atoms with Crippen LogP contribution in [0.25, 0.3) is 0 Å². The van der Waals surface area contributed by atoms with E-state index >= 15 is 0 Å². The van der Waals surface area contributed by atoms with Crippen molar-refractivity contribution in [2.24, 2.45) is 0 Å². The molecule has 2 aromatic heterocycles. The second-order valence-electron chi connectivity index (χ2n) is 5.23. The Morgan fingerprint density at radius 2 is 2.09 bits per heavy atom. The van der Waals surface area contributed by atoms with Crippen LogP contribution in [0.5, 0.6) is 0 Å². The SMILES string of the molecule is Nc1c(NCCC2=CCCCC2)ncnc1Nc1nccs1. The van der Waals surface area contributed by atoms with Crippen molar-refractivity contribution in [1.82, 2.24) is 15.0 Å². The summed E-state index contributed by atoms with van der Waals surface area (Å²) in [6, 6.07) is 0. The van der Waals surface area contributed by atoms with Gasteiger partial charge in [0.05, 0.1) is 0 Å². The Balaban J connectivity index is 1.60. The quantitative estimate of drug-likeness (QED) is 0.706. The van der Waals surface area contributed by atoms with Gasteiger partial charge >= 0.3 is 0 Å². The highest BCUT2D eigenvalue weighted by Gasteiger charge is 2.09. The van der Waals surface area contributed by atoms with Crippen molar-refractivity contribution in [3.63, 3.8) is 0 Å². The van der Waals surface area contributed by atoms with Gasteiger partial charge in [-0.2, -0.15) is 0 Å². The van der Waals surface area contributed by atoms with Gasteiger partial charge in [-0.25, -0.2) is 15.0 Å². The van der Waals surface area contributed by atoms with Crippen molar-refractivity contribution >= 4 is 33.8 Å². The molecule has 0 unspecified atom stereocenters. The summed E-state index contributed by atoms with van der Waals surface area (Å²) < 4.78 is 0. The van der Waals surface area contributed by atoms with Crippen LogP contribution in [0.1, 0.15) is 32.1 Å². The zero-order valence-corrected chi connectivity index (χ0v) is 13.2. The van der Waals surface area contributed by atoms with Crippen LogP contribution in [0.2, 0.25) is 0 Å². The molecule has 0 aliphatic heterocycles. The summed E-state index contributed by atoms with van der Waals surface area (Å²) in [6.07, 6.45) is 11.7. The minimum atomic E-state index is 0.523. The molecule has 3 rings (SSSR count). The first-order valence-electron chi connectivity index (χ1n) is 7.51. The third-order valence-corrected chi connectivity index (χ3v) is 4.35. The van der Waals surface area contributed by atoms with Gasteiger partial charge in [0.25, 0.3) is 0 Å². The molecule has 1 aliphatic carbocycles. The van der Waals surface area contributed by atoms with E-state index in [9.17, 15) is 0 Å². The molecule has 0 radical (unpaired) electrons. The van der Waals surface area contributed by atoms with Crippen LogP contribution in [-0.4, -0.2) is 21.5 Å². The molecule has 0 amide bonds. The minimum Gasteiger partial charge on any atom is -0.393 e. The van der Waals surface area contributed by atoms with E-state index in [1.165, 1.54) is 48.9 Å². The first-order chi connectivity index (χ1) is 10.8. The number of nitrogens with zero attached hydrogens (tertiary/aromatic N) is 3. The maximum Gasteiger partial charge on any atom is 0.188 e. The van der Waals surface area contributed by atoms with Crippen LogP contribution in [0, 0.1) is 0 Å². The summed E-state index contributed by atoms with van der Waals surface area (Å²) in [6.45, 7) is 0.837. The molecule has 0 spiro atoms. The lowest BCUT2D eigenvalue weighted by molar-refractivity contribution is 0.679. The zero-order chi connectivity index (χ0) is 15.2. The predicted molar refractivity (Wildman–Crippen MR) is 91.5 cm³/mol. The van der Waals surface area contributed by atoms with Gasteiger partial charge in [-0.15, -0.1) is 11.3 Å². The summed E-state index contributed by atoms with van der Waals surface area (Å²) in [5.74, 6) is 1.26. The Hall–Kier alpha value is -2.15. The molecular weight excluding hydrogens is 296 g/mol.